The molecule has 1 aromatic rings. The summed E-state index contributed by atoms with van der Waals surface area (Å²) in [7, 11) is 0. The number of thiophene rings is 1. The van der Waals surface area contributed by atoms with Crippen molar-refractivity contribution in [2.24, 2.45) is 5.92 Å². The normalized spacial score (nSPS) is 26.1. The van der Waals surface area contributed by atoms with E-state index in [2.05, 4.69) is 0 Å². The smallest absolute Gasteiger partial charge is 0.321 e. The fourth-order valence-electron chi connectivity index (χ4n) is 2.24. The maximum absolute atomic E-state index is 11.2. The zero-order chi connectivity index (χ0) is 11.7. The molecule has 1 aliphatic rings. The van der Waals surface area contributed by atoms with Gasteiger partial charge in [0, 0.05) is 11.4 Å². The van der Waals surface area contributed by atoms with Crippen LogP contribution in [0.5, 0.6) is 0 Å². The third-order valence-electron chi connectivity index (χ3n) is 3.04. The summed E-state index contributed by atoms with van der Waals surface area (Å²) in [5.41, 5.74) is 0. The molecule has 2 heterocycles. The average molecular weight is 260 g/mol. The molecule has 0 radical (unpaired) electrons. The average Bonchev–Trinajstić information content (AvgIpc) is 2.74. The quantitative estimate of drug-likeness (QED) is 0.907. The number of halogens is 1. The Balaban J connectivity index is 2.07. The SMILES string of the molecule is CC1CCN(Cc2ccc(Cl)s2)C1C(=O)O. The summed E-state index contributed by atoms with van der Waals surface area (Å²) in [6, 6.07) is 3.48. The Hall–Kier alpha value is -0.580. The topological polar surface area (TPSA) is 40.5 Å². The van der Waals surface area contributed by atoms with Gasteiger partial charge in [0.2, 0.25) is 0 Å². The Morgan fingerprint density at radius 1 is 1.69 bits per heavy atom. The van der Waals surface area contributed by atoms with Gasteiger partial charge in [-0.05, 0) is 31.0 Å². The van der Waals surface area contributed by atoms with Crippen LogP contribution in [0.25, 0.3) is 0 Å². The molecule has 88 valence electrons. The molecule has 0 spiro atoms. The highest BCUT2D eigenvalue weighted by Gasteiger charge is 2.36. The second kappa shape index (κ2) is 4.73. The third-order valence-corrected chi connectivity index (χ3v) is 4.26. The van der Waals surface area contributed by atoms with Crippen molar-refractivity contribution in [3.05, 3.63) is 21.3 Å². The Labute approximate surface area is 104 Å². The molecule has 1 aromatic heterocycles. The van der Waals surface area contributed by atoms with E-state index in [4.69, 9.17) is 11.6 Å². The highest BCUT2D eigenvalue weighted by molar-refractivity contribution is 7.16. The minimum atomic E-state index is -0.715. The van der Waals surface area contributed by atoms with E-state index in [0.29, 0.717) is 6.54 Å². The summed E-state index contributed by atoms with van der Waals surface area (Å²) in [6.07, 6.45) is 0.954. The molecule has 1 N–H and O–H groups in total. The summed E-state index contributed by atoms with van der Waals surface area (Å²) in [5.74, 6) is -0.486. The molecule has 0 saturated carbocycles. The standard InChI is InChI=1S/C11H14ClNO2S/c1-7-4-5-13(10(7)11(14)15)6-8-2-3-9(12)16-8/h2-3,7,10H,4-6H2,1H3,(H,14,15). The first-order chi connectivity index (χ1) is 7.58. The number of carbonyl (C=O) groups is 1. The minimum Gasteiger partial charge on any atom is -0.480 e. The van der Waals surface area contributed by atoms with E-state index < -0.39 is 5.97 Å². The predicted molar refractivity (Wildman–Crippen MR) is 64.9 cm³/mol. The van der Waals surface area contributed by atoms with E-state index in [9.17, 15) is 9.90 Å². The van der Waals surface area contributed by atoms with E-state index in [1.54, 1.807) is 0 Å². The fourth-order valence-corrected chi connectivity index (χ4v) is 3.35. The number of carboxylic acid groups (broad SMARTS) is 1. The Morgan fingerprint density at radius 3 is 3.00 bits per heavy atom. The van der Waals surface area contributed by atoms with Crippen molar-refractivity contribution in [3.8, 4) is 0 Å². The van der Waals surface area contributed by atoms with Gasteiger partial charge in [0.05, 0.1) is 4.34 Å². The Morgan fingerprint density at radius 2 is 2.44 bits per heavy atom. The van der Waals surface area contributed by atoms with Crippen LogP contribution in [0.3, 0.4) is 0 Å². The molecule has 16 heavy (non-hydrogen) atoms. The number of nitrogens with zero attached hydrogens (tertiary/aromatic N) is 1. The first-order valence-electron chi connectivity index (χ1n) is 5.29. The van der Waals surface area contributed by atoms with Crippen molar-refractivity contribution in [2.45, 2.75) is 25.9 Å². The van der Waals surface area contributed by atoms with Crippen molar-refractivity contribution in [2.75, 3.05) is 6.54 Å². The molecule has 0 amide bonds. The first-order valence-corrected chi connectivity index (χ1v) is 6.48. The van der Waals surface area contributed by atoms with Gasteiger partial charge in [-0.25, -0.2) is 0 Å². The number of hydrogen-bond donors (Lipinski definition) is 1. The minimum absolute atomic E-state index is 0.230. The lowest BCUT2D eigenvalue weighted by Crippen LogP contribution is -2.38. The number of likely N-dealkylation sites (tertiary alicyclic amines) is 1. The van der Waals surface area contributed by atoms with E-state index >= 15 is 0 Å². The molecular weight excluding hydrogens is 246 g/mol. The Kier molecular flexibility index (Phi) is 3.52. The molecule has 5 heteroatoms. The molecular formula is C11H14ClNO2S. The van der Waals surface area contributed by atoms with Crippen LogP contribution in [0.2, 0.25) is 4.34 Å². The molecule has 1 aliphatic heterocycles. The third kappa shape index (κ3) is 2.39. The van der Waals surface area contributed by atoms with Crippen molar-refractivity contribution >= 4 is 28.9 Å². The van der Waals surface area contributed by atoms with Crippen molar-refractivity contribution in [3.63, 3.8) is 0 Å². The molecule has 1 saturated heterocycles. The highest BCUT2D eigenvalue weighted by Crippen LogP contribution is 2.29. The lowest BCUT2D eigenvalue weighted by molar-refractivity contribution is -0.143. The van der Waals surface area contributed by atoms with E-state index in [0.717, 1.165) is 22.2 Å². The van der Waals surface area contributed by atoms with Crippen molar-refractivity contribution < 1.29 is 9.90 Å². The summed E-state index contributed by atoms with van der Waals surface area (Å²) in [5, 5.41) is 9.17. The van der Waals surface area contributed by atoms with Crippen LogP contribution in [-0.2, 0) is 11.3 Å². The van der Waals surface area contributed by atoms with Crippen LogP contribution in [0.4, 0.5) is 0 Å². The van der Waals surface area contributed by atoms with Gasteiger partial charge in [0.25, 0.3) is 0 Å². The van der Waals surface area contributed by atoms with Crippen LogP contribution in [0.15, 0.2) is 12.1 Å². The summed E-state index contributed by atoms with van der Waals surface area (Å²) < 4.78 is 0.758. The van der Waals surface area contributed by atoms with E-state index in [-0.39, 0.29) is 12.0 Å². The van der Waals surface area contributed by atoms with Gasteiger partial charge in [0.15, 0.2) is 0 Å². The van der Waals surface area contributed by atoms with Crippen LogP contribution >= 0.6 is 22.9 Å². The lowest BCUT2D eigenvalue weighted by Gasteiger charge is -2.22. The Bertz CT molecular complexity index is 393. The monoisotopic (exact) mass is 259 g/mol. The molecule has 2 atom stereocenters. The molecule has 0 aliphatic carbocycles. The van der Waals surface area contributed by atoms with Crippen molar-refractivity contribution in [1.82, 2.24) is 4.90 Å². The molecule has 1 fully saturated rings. The van der Waals surface area contributed by atoms with Crippen LogP contribution in [0, 0.1) is 5.92 Å². The van der Waals surface area contributed by atoms with Gasteiger partial charge in [-0.15, -0.1) is 11.3 Å². The van der Waals surface area contributed by atoms with Gasteiger partial charge in [-0.3, -0.25) is 9.69 Å². The molecule has 2 rings (SSSR count). The summed E-state index contributed by atoms with van der Waals surface area (Å²) in [4.78, 5) is 14.3. The zero-order valence-corrected chi connectivity index (χ0v) is 10.6. The summed E-state index contributed by atoms with van der Waals surface area (Å²) in [6.45, 7) is 3.55. The zero-order valence-electron chi connectivity index (χ0n) is 9.02. The molecule has 0 aromatic carbocycles. The number of carboxylic acids is 1. The number of rotatable bonds is 3. The summed E-state index contributed by atoms with van der Waals surface area (Å²) >= 11 is 7.38. The van der Waals surface area contributed by atoms with Crippen LogP contribution < -0.4 is 0 Å². The molecule has 0 bridgehead atoms. The molecule has 3 nitrogen and oxygen atoms in total. The van der Waals surface area contributed by atoms with Crippen LogP contribution in [-0.4, -0.2) is 28.6 Å². The largest absolute Gasteiger partial charge is 0.480 e. The van der Waals surface area contributed by atoms with Crippen molar-refractivity contribution in [1.29, 1.82) is 0 Å². The van der Waals surface area contributed by atoms with Gasteiger partial charge < -0.3 is 5.11 Å². The first kappa shape index (κ1) is 11.9. The number of aliphatic carboxylic acids is 1. The highest BCUT2D eigenvalue weighted by atomic mass is 35.5. The predicted octanol–water partition coefficient (Wildman–Crippen LogP) is 2.70. The number of hydrogen-bond acceptors (Lipinski definition) is 3. The maximum Gasteiger partial charge on any atom is 0.321 e. The second-order valence-corrected chi connectivity index (χ2v) is 6.02. The van der Waals surface area contributed by atoms with E-state index in [1.165, 1.54) is 11.3 Å². The molecule has 2 unspecified atom stereocenters. The second-order valence-electron chi connectivity index (χ2n) is 4.23. The fraction of sp³-hybridized carbons (Fsp3) is 0.545. The van der Waals surface area contributed by atoms with E-state index in [1.807, 2.05) is 24.0 Å². The van der Waals surface area contributed by atoms with Gasteiger partial charge in [-0.1, -0.05) is 18.5 Å². The van der Waals surface area contributed by atoms with Crippen LogP contribution in [0.1, 0.15) is 18.2 Å². The van der Waals surface area contributed by atoms with Gasteiger partial charge in [0.1, 0.15) is 6.04 Å². The van der Waals surface area contributed by atoms with Gasteiger partial charge in [-0.2, -0.15) is 0 Å². The lowest BCUT2D eigenvalue weighted by atomic mass is 10.0. The maximum atomic E-state index is 11.2. The van der Waals surface area contributed by atoms with Gasteiger partial charge >= 0.3 is 5.97 Å².